The zero-order valence-corrected chi connectivity index (χ0v) is 14.3. The molecule has 0 fully saturated rings. The summed E-state index contributed by atoms with van der Waals surface area (Å²) in [5.74, 6) is 1.20. The van der Waals surface area contributed by atoms with E-state index >= 15 is 0 Å². The molecular weight excluding hydrogens is 318 g/mol. The topological polar surface area (TPSA) is 85.8 Å². The van der Waals surface area contributed by atoms with Crippen molar-refractivity contribution in [3.05, 3.63) is 60.5 Å². The van der Waals surface area contributed by atoms with E-state index in [1.807, 2.05) is 26.8 Å². The summed E-state index contributed by atoms with van der Waals surface area (Å²) in [6.07, 6.45) is 7.81. The lowest BCUT2D eigenvalue weighted by molar-refractivity contribution is -0.111. The number of amides is 1. The Balaban J connectivity index is 1.89. The van der Waals surface area contributed by atoms with Crippen LogP contribution in [0.4, 0.5) is 5.82 Å². The molecule has 0 aliphatic carbocycles. The smallest absolute Gasteiger partial charge is 0.252 e. The molecule has 3 rings (SSSR count). The largest absolute Gasteiger partial charge is 0.465 e. The maximum Gasteiger partial charge on any atom is 0.252 e. The van der Waals surface area contributed by atoms with E-state index in [-0.39, 0.29) is 11.3 Å². The van der Waals surface area contributed by atoms with Crippen molar-refractivity contribution >= 4 is 17.8 Å². The SMILES string of the molecule is CC(C)(C)c1cc(NC(=O)/C=C/c2ccco2)n(-c2ncccn2)n1. The fraction of sp³-hybridized carbons (Fsp3) is 0.222. The highest BCUT2D eigenvalue weighted by Crippen LogP contribution is 2.25. The molecule has 3 aromatic heterocycles. The minimum Gasteiger partial charge on any atom is -0.465 e. The first-order chi connectivity index (χ1) is 11.9. The van der Waals surface area contributed by atoms with E-state index in [1.54, 1.807) is 42.9 Å². The normalized spacial score (nSPS) is 11.8. The lowest BCUT2D eigenvalue weighted by Crippen LogP contribution is -2.14. The van der Waals surface area contributed by atoms with Crippen LogP contribution < -0.4 is 5.32 Å². The molecule has 25 heavy (non-hydrogen) atoms. The van der Waals surface area contributed by atoms with Crippen LogP contribution in [0.15, 0.2) is 53.4 Å². The Labute approximate surface area is 145 Å². The van der Waals surface area contributed by atoms with Crippen LogP contribution in [-0.2, 0) is 10.2 Å². The van der Waals surface area contributed by atoms with E-state index in [0.29, 0.717) is 17.5 Å². The van der Waals surface area contributed by atoms with Crippen LogP contribution in [0.1, 0.15) is 32.2 Å². The van der Waals surface area contributed by atoms with Gasteiger partial charge in [-0.1, -0.05) is 20.8 Å². The van der Waals surface area contributed by atoms with E-state index in [1.165, 1.54) is 10.8 Å². The molecule has 0 aliphatic rings. The Morgan fingerprint density at radius 3 is 2.64 bits per heavy atom. The van der Waals surface area contributed by atoms with Gasteiger partial charge in [-0.05, 0) is 24.3 Å². The van der Waals surface area contributed by atoms with Crippen molar-refractivity contribution < 1.29 is 9.21 Å². The number of furan rings is 1. The van der Waals surface area contributed by atoms with Crippen molar-refractivity contribution in [3.8, 4) is 5.95 Å². The highest BCUT2D eigenvalue weighted by molar-refractivity contribution is 6.01. The van der Waals surface area contributed by atoms with Gasteiger partial charge in [-0.2, -0.15) is 9.78 Å². The molecule has 3 aromatic rings. The molecule has 0 aliphatic heterocycles. The van der Waals surface area contributed by atoms with Crippen LogP contribution in [0.25, 0.3) is 12.0 Å². The number of anilines is 1. The van der Waals surface area contributed by atoms with Crippen molar-refractivity contribution in [2.45, 2.75) is 26.2 Å². The van der Waals surface area contributed by atoms with Gasteiger partial charge in [0.15, 0.2) is 0 Å². The van der Waals surface area contributed by atoms with Crippen LogP contribution in [0, 0.1) is 0 Å². The van der Waals surface area contributed by atoms with Gasteiger partial charge in [0.1, 0.15) is 11.6 Å². The van der Waals surface area contributed by atoms with Crippen LogP contribution >= 0.6 is 0 Å². The van der Waals surface area contributed by atoms with Gasteiger partial charge in [-0.25, -0.2) is 9.97 Å². The van der Waals surface area contributed by atoms with Gasteiger partial charge in [0.25, 0.3) is 5.95 Å². The van der Waals surface area contributed by atoms with E-state index in [2.05, 4.69) is 20.4 Å². The number of carbonyl (C=O) groups excluding carboxylic acids is 1. The molecule has 0 radical (unpaired) electrons. The predicted molar refractivity (Wildman–Crippen MR) is 94.2 cm³/mol. The lowest BCUT2D eigenvalue weighted by Gasteiger charge is -2.13. The third kappa shape index (κ3) is 4.00. The van der Waals surface area contributed by atoms with Crippen LogP contribution in [-0.4, -0.2) is 25.7 Å². The molecule has 7 heteroatoms. The highest BCUT2D eigenvalue weighted by Gasteiger charge is 2.22. The summed E-state index contributed by atoms with van der Waals surface area (Å²) in [6, 6.07) is 7.08. The number of nitrogens with one attached hydrogen (secondary N) is 1. The van der Waals surface area contributed by atoms with Crippen molar-refractivity contribution in [2.24, 2.45) is 0 Å². The van der Waals surface area contributed by atoms with Crippen molar-refractivity contribution in [2.75, 3.05) is 5.32 Å². The number of hydrogen-bond donors (Lipinski definition) is 1. The summed E-state index contributed by atoms with van der Waals surface area (Å²) in [7, 11) is 0. The third-order valence-electron chi connectivity index (χ3n) is 3.41. The van der Waals surface area contributed by atoms with Gasteiger partial charge in [0, 0.05) is 30.0 Å². The maximum absolute atomic E-state index is 12.2. The zero-order chi connectivity index (χ0) is 17.9. The van der Waals surface area contributed by atoms with E-state index in [9.17, 15) is 4.79 Å². The number of rotatable bonds is 4. The van der Waals surface area contributed by atoms with Gasteiger partial charge >= 0.3 is 0 Å². The van der Waals surface area contributed by atoms with E-state index < -0.39 is 0 Å². The minimum absolute atomic E-state index is 0.177. The molecule has 1 N–H and O–H groups in total. The summed E-state index contributed by atoms with van der Waals surface area (Å²) >= 11 is 0. The van der Waals surface area contributed by atoms with Crippen molar-refractivity contribution in [1.29, 1.82) is 0 Å². The lowest BCUT2D eigenvalue weighted by atomic mass is 9.92. The first-order valence-electron chi connectivity index (χ1n) is 7.84. The van der Waals surface area contributed by atoms with Crippen molar-refractivity contribution in [3.63, 3.8) is 0 Å². The van der Waals surface area contributed by atoms with Gasteiger partial charge in [0.2, 0.25) is 5.91 Å². The molecule has 7 nitrogen and oxygen atoms in total. The summed E-state index contributed by atoms with van der Waals surface area (Å²) < 4.78 is 6.70. The average Bonchev–Trinajstić information content (AvgIpc) is 3.23. The molecule has 0 bridgehead atoms. The predicted octanol–water partition coefficient (Wildman–Crippen LogP) is 3.20. The second-order valence-corrected chi connectivity index (χ2v) is 6.46. The fourth-order valence-corrected chi connectivity index (χ4v) is 2.10. The van der Waals surface area contributed by atoms with Gasteiger partial charge in [0.05, 0.1) is 12.0 Å². The van der Waals surface area contributed by atoms with Gasteiger partial charge < -0.3 is 9.73 Å². The molecule has 0 aromatic carbocycles. The van der Waals surface area contributed by atoms with Crippen molar-refractivity contribution in [1.82, 2.24) is 19.7 Å². The average molecular weight is 337 g/mol. The summed E-state index contributed by atoms with van der Waals surface area (Å²) in [5, 5.41) is 7.37. The second kappa shape index (κ2) is 6.72. The van der Waals surface area contributed by atoms with E-state index in [4.69, 9.17) is 4.42 Å². The number of aromatic nitrogens is 4. The summed E-state index contributed by atoms with van der Waals surface area (Å²) in [6.45, 7) is 6.15. The zero-order valence-electron chi connectivity index (χ0n) is 14.3. The second-order valence-electron chi connectivity index (χ2n) is 6.46. The van der Waals surface area contributed by atoms with Crippen LogP contribution in [0.5, 0.6) is 0 Å². The Bertz CT molecular complexity index is 874. The highest BCUT2D eigenvalue weighted by atomic mass is 16.3. The molecule has 0 spiro atoms. The molecule has 0 unspecified atom stereocenters. The molecule has 1 amide bonds. The summed E-state index contributed by atoms with van der Waals surface area (Å²) in [4.78, 5) is 20.6. The Morgan fingerprint density at radius 2 is 2.00 bits per heavy atom. The first-order valence-corrected chi connectivity index (χ1v) is 7.84. The Hall–Kier alpha value is -3.22. The number of carbonyl (C=O) groups is 1. The van der Waals surface area contributed by atoms with Gasteiger partial charge in [-0.3, -0.25) is 4.79 Å². The molecular formula is C18H19N5O2. The van der Waals surface area contributed by atoms with E-state index in [0.717, 1.165) is 5.69 Å². The molecule has 128 valence electrons. The standard InChI is InChI=1S/C18H19N5O2/c1-18(2,3)14-12-15(23(22-14)17-19-9-5-10-20-17)21-16(24)8-7-13-6-4-11-25-13/h4-12H,1-3H3,(H,21,24)/b8-7+. The Kier molecular flexibility index (Phi) is 4.47. The third-order valence-corrected chi connectivity index (χ3v) is 3.41. The Morgan fingerprint density at radius 1 is 1.24 bits per heavy atom. The van der Waals surface area contributed by atoms with Crippen LogP contribution in [0.2, 0.25) is 0 Å². The molecule has 0 saturated heterocycles. The summed E-state index contributed by atoms with van der Waals surface area (Å²) in [5.41, 5.74) is 0.647. The molecule has 0 atom stereocenters. The number of nitrogens with zero attached hydrogens (tertiary/aromatic N) is 4. The maximum atomic E-state index is 12.2. The number of hydrogen-bond acceptors (Lipinski definition) is 5. The molecule has 3 heterocycles. The quantitative estimate of drug-likeness (QED) is 0.739. The first kappa shape index (κ1) is 16.6. The fourth-order valence-electron chi connectivity index (χ4n) is 2.10. The van der Waals surface area contributed by atoms with Gasteiger partial charge in [-0.15, -0.1) is 0 Å². The molecule has 0 saturated carbocycles. The monoisotopic (exact) mass is 337 g/mol. The van der Waals surface area contributed by atoms with Crippen LogP contribution in [0.3, 0.4) is 0 Å². The minimum atomic E-state index is -0.297.